The molecule has 0 unspecified atom stereocenters. The first-order valence-electron chi connectivity index (χ1n) is 11.6. The lowest BCUT2D eigenvalue weighted by Gasteiger charge is -2.31. The molecule has 0 radical (unpaired) electrons. The van der Waals surface area contributed by atoms with Crippen LogP contribution in [0, 0.1) is 0 Å². The lowest BCUT2D eigenvalue weighted by molar-refractivity contribution is -0.118. The van der Waals surface area contributed by atoms with Crippen molar-refractivity contribution in [2.24, 2.45) is 0 Å². The first kappa shape index (κ1) is 22.2. The van der Waals surface area contributed by atoms with Crippen LogP contribution in [-0.2, 0) is 16.1 Å². The maximum Gasteiger partial charge on any atom is 0.238 e. The summed E-state index contributed by atoms with van der Waals surface area (Å²) in [4.78, 5) is 40.9. The number of likely N-dealkylation sites (tertiary alicyclic amines) is 1. The fourth-order valence-electron chi connectivity index (χ4n) is 4.66. The Labute approximate surface area is 198 Å². The highest BCUT2D eigenvalue weighted by molar-refractivity contribution is 6.30. The molecule has 6 nitrogen and oxygen atoms in total. The third-order valence-electron chi connectivity index (χ3n) is 6.46. The fourth-order valence-corrected chi connectivity index (χ4v) is 4.66. The molecule has 1 N–H and O–H groups in total. The fraction of sp³-hybridized carbons (Fsp3) is 0.250. The number of piperidine rings is 1. The molecule has 1 fully saturated rings. The maximum atomic E-state index is 13.1. The number of amides is 1. The predicted octanol–water partition coefficient (Wildman–Crippen LogP) is 4.08. The molecule has 172 valence electrons. The van der Waals surface area contributed by atoms with Crippen molar-refractivity contribution in [2.45, 2.75) is 25.6 Å². The zero-order chi connectivity index (χ0) is 23.5. The number of fused-ring (bicyclic) bond motifs is 2. The summed E-state index contributed by atoms with van der Waals surface area (Å²) >= 11 is 0. The SMILES string of the molecule is O=C(CN1CCC(OCc2ccccc2)CC1)Nc1cccc2c1C(=O)c1ccccc1C2=O. The number of ketones is 2. The molecule has 1 heterocycles. The van der Waals surface area contributed by atoms with Crippen LogP contribution in [0.25, 0.3) is 0 Å². The smallest absolute Gasteiger partial charge is 0.238 e. The highest BCUT2D eigenvalue weighted by Gasteiger charge is 2.32. The molecule has 0 spiro atoms. The van der Waals surface area contributed by atoms with Gasteiger partial charge in [-0.25, -0.2) is 0 Å². The van der Waals surface area contributed by atoms with Gasteiger partial charge in [-0.3, -0.25) is 19.3 Å². The van der Waals surface area contributed by atoms with E-state index in [-0.39, 0.29) is 35.7 Å². The van der Waals surface area contributed by atoms with E-state index >= 15 is 0 Å². The topological polar surface area (TPSA) is 75.7 Å². The van der Waals surface area contributed by atoms with Crippen LogP contribution >= 0.6 is 0 Å². The Kier molecular flexibility index (Phi) is 6.34. The second-order valence-electron chi connectivity index (χ2n) is 8.75. The van der Waals surface area contributed by atoms with Crippen molar-refractivity contribution in [2.75, 3.05) is 25.0 Å². The van der Waals surface area contributed by atoms with E-state index in [1.54, 1.807) is 42.5 Å². The predicted molar refractivity (Wildman–Crippen MR) is 129 cm³/mol. The van der Waals surface area contributed by atoms with Crippen LogP contribution in [0.15, 0.2) is 72.8 Å². The molecule has 1 aliphatic carbocycles. The number of carbonyl (C=O) groups is 3. The van der Waals surface area contributed by atoms with Crippen molar-refractivity contribution >= 4 is 23.2 Å². The number of ether oxygens (including phenoxy) is 1. The van der Waals surface area contributed by atoms with E-state index in [0.29, 0.717) is 29.0 Å². The number of benzene rings is 3. The Balaban J connectivity index is 1.19. The molecule has 34 heavy (non-hydrogen) atoms. The minimum Gasteiger partial charge on any atom is -0.373 e. The van der Waals surface area contributed by atoms with Crippen molar-refractivity contribution in [1.29, 1.82) is 0 Å². The van der Waals surface area contributed by atoms with Gasteiger partial charge < -0.3 is 10.1 Å². The summed E-state index contributed by atoms with van der Waals surface area (Å²) in [6.07, 6.45) is 1.92. The maximum absolute atomic E-state index is 13.1. The molecule has 1 aliphatic heterocycles. The second-order valence-corrected chi connectivity index (χ2v) is 8.75. The van der Waals surface area contributed by atoms with Gasteiger partial charge in [0.2, 0.25) is 5.91 Å². The summed E-state index contributed by atoms with van der Waals surface area (Å²) in [7, 11) is 0. The van der Waals surface area contributed by atoms with Gasteiger partial charge in [0.05, 0.1) is 30.5 Å². The minimum atomic E-state index is -0.238. The van der Waals surface area contributed by atoms with Gasteiger partial charge >= 0.3 is 0 Å². The van der Waals surface area contributed by atoms with Crippen LogP contribution in [0.5, 0.6) is 0 Å². The van der Waals surface area contributed by atoms with Crippen LogP contribution < -0.4 is 5.32 Å². The molecule has 3 aromatic rings. The lowest BCUT2D eigenvalue weighted by Crippen LogP contribution is -2.41. The molecule has 3 aromatic carbocycles. The average Bonchev–Trinajstić information content (AvgIpc) is 2.87. The number of hydrogen-bond acceptors (Lipinski definition) is 5. The molecule has 1 amide bonds. The minimum absolute atomic E-state index is 0.185. The summed E-state index contributed by atoms with van der Waals surface area (Å²) < 4.78 is 6.03. The first-order valence-corrected chi connectivity index (χ1v) is 11.6. The van der Waals surface area contributed by atoms with E-state index in [1.807, 2.05) is 18.2 Å². The van der Waals surface area contributed by atoms with Crippen molar-refractivity contribution in [3.05, 3.63) is 101 Å². The van der Waals surface area contributed by atoms with Gasteiger partial charge in [-0.15, -0.1) is 0 Å². The summed E-state index contributed by atoms with van der Waals surface area (Å²) in [5.74, 6) is -0.632. The lowest BCUT2D eigenvalue weighted by atomic mass is 9.83. The average molecular weight is 455 g/mol. The molecular formula is C28H26N2O4. The van der Waals surface area contributed by atoms with Crippen molar-refractivity contribution < 1.29 is 19.1 Å². The Morgan fingerprint density at radius 1 is 0.824 bits per heavy atom. The number of hydrogen-bond donors (Lipinski definition) is 1. The Morgan fingerprint density at radius 3 is 2.21 bits per heavy atom. The van der Waals surface area contributed by atoms with Crippen LogP contribution in [0.3, 0.4) is 0 Å². The Morgan fingerprint density at radius 2 is 1.47 bits per heavy atom. The van der Waals surface area contributed by atoms with Gasteiger partial charge in [-0.05, 0) is 24.5 Å². The molecular weight excluding hydrogens is 428 g/mol. The number of anilines is 1. The molecule has 6 heteroatoms. The Bertz CT molecular complexity index is 1230. The van der Waals surface area contributed by atoms with Gasteiger partial charge in [0.25, 0.3) is 0 Å². The Hall–Kier alpha value is -3.61. The molecule has 0 saturated carbocycles. The van der Waals surface area contributed by atoms with Gasteiger partial charge in [-0.2, -0.15) is 0 Å². The van der Waals surface area contributed by atoms with Gasteiger partial charge in [0.15, 0.2) is 11.6 Å². The first-order chi connectivity index (χ1) is 16.6. The highest BCUT2D eigenvalue weighted by atomic mass is 16.5. The molecule has 0 aromatic heterocycles. The van der Waals surface area contributed by atoms with Gasteiger partial charge in [0, 0.05) is 29.8 Å². The zero-order valence-electron chi connectivity index (χ0n) is 18.8. The van der Waals surface area contributed by atoms with E-state index in [4.69, 9.17) is 4.74 Å². The van der Waals surface area contributed by atoms with Crippen LogP contribution in [0.1, 0.15) is 50.2 Å². The van der Waals surface area contributed by atoms with Crippen molar-refractivity contribution in [3.63, 3.8) is 0 Å². The number of nitrogens with zero attached hydrogens (tertiary/aromatic N) is 1. The van der Waals surface area contributed by atoms with E-state index in [0.717, 1.165) is 31.5 Å². The standard InChI is InChI=1S/C28H26N2O4/c31-25(17-30-15-13-20(14-16-30)34-18-19-7-2-1-3-8-19)29-24-12-6-11-23-26(24)28(33)22-10-5-4-9-21(22)27(23)32/h1-12,20H,13-18H2,(H,29,31). The summed E-state index contributed by atoms with van der Waals surface area (Å²) in [5.41, 5.74) is 2.92. The quantitative estimate of drug-likeness (QED) is 0.475. The van der Waals surface area contributed by atoms with E-state index in [9.17, 15) is 14.4 Å². The monoisotopic (exact) mass is 454 g/mol. The van der Waals surface area contributed by atoms with Crippen molar-refractivity contribution in [1.82, 2.24) is 4.90 Å². The van der Waals surface area contributed by atoms with Crippen molar-refractivity contribution in [3.8, 4) is 0 Å². The van der Waals surface area contributed by atoms with E-state index in [1.165, 1.54) is 0 Å². The number of rotatable bonds is 6. The van der Waals surface area contributed by atoms with Crippen LogP contribution in [0.4, 0.5) is 5.69 Å². The third-order valence-corrected chi connectivity index (χ3v) is 6.46. The third kappa shape index (κ3) is 4.55. The molecule has 5 rings (SSSR count). The van der Waals surface area contributed by atoms with E-state index < -0.39 is 0 Å². The molecule has 1 saturated heterocycles. The number of nitrogens with one attached hydrogen (secondary N) is 1. The summed E-state index contributed by atoms with van der Waals surface area (Å²) in [6, 6.07) is 21.9. The van der Waals surface area contributed by atoms with Gasteiger partial charge in [-0.1, -0.05) is 66.7 Å². The molecule has 0 atom stereocenters. The second kappa shape index (κ2) is 9.71. The van der Waals surface area contributed by atoms with Gasteiger partial charge in [0.1, 0.15) is 0 Å². The zero-order valence-corrected chi connectivity index (χ0v) is 18.8. The molecule has 0 bridgehead atoms. The largest absolute Gasteiger partial charge is 0.373 e. The van der Waals surface area contributed by atoms with E-state index in [2.05, 4.69) is 22.3 Å². The van der Waals surface area contributed by atoms with Crippen LogP contribution in [0.2, 0.25) is 0 Å². The van der Waals surface area contributed by atoms with Crippen LogP contribution in [-0.4, -0.2) is 48.1 Å². The molecule has 2 aliphatic rings. The summed E-state index contributed by atoms with van der Waals surface area (Å²) in [5, 5.41) is 2.87. The number of carbonyl (C=O) groups excluding carboxylic acids is 3. The summed E-state index contributed by atoms with van der Waals surface area (Å²) in [6.45, 7) is 2.36. The normalized spacial score (nSPS) is 16.1. The highest BCUT2D eigenvalue weighted by Crippen LogP contribution is 2.32.